The third-order valence-corrected chi connectivity index (χ3v) is 3.83. The van der Waals surface area contributed by atoms with Crippen LogP contribution in [0.1, 0.15) is 0 Å². The summed E-state index contributed by atoms with van der Waals surface area (Å²) < 4.78 is 0. The molecule has 3 aromatic heterocycles. The Bertz CT molecular complexity index is 984. The summed E-state index contributed by atoms with van der Waals surface area (Å²) in [5.74, 6) is 0.0289. The van der Waals surface area contributed by atoms with Crippen LogP contribution >= 0.6 is 0 Å². The number of benzene rings is 1. The number of hydrogen-bond acceptors (Lipinski definition) is 4. The Hall–Kier alpha value is -3.27. The summed E-state index contributed by atoms with van der Waals surface area (Å²) in [5, 5.41) is 11.0. The van der Waals surface area contributed by atoms with E-state index in [2.05, 4.69) is 15.0 Å². The van der Waals surface area contributed by atoms with Gasteiger partial charge in [0.2, 0.25) is 5.88 Å². The third kappa shape index (κ3) is 2.40. The molecule has 0 unspecified atom stereocenters. The molecule has 0 atom stereocenters. The standard InChI is InChI=1S/C19H13N3O/c23-19-16(2-1-8-22-19)14-3-4-18-17(12-14)15(7-11-21-18)13-5-9-20-10-6-13/h1-12H,(H,22,23). The number of rotatable bonds is 2. The molecule has 23 heavy (non-hydrogen) atoms. The monoisotopic (exact) mass is 299 g/mol. The normalized spacial score (nSPS) is 10.8. The Morgan fingerprint density at radius 1 is 0.696 bits per heavy atom. The van der Waals surface area contributed by atoms with Crippen molar-refractivity contribution in [3.8, 4) is 28.1 Å². The highest BCUT2D eigenvalue weighted by Gasteiger charge is 2.09. The zero-order chi connectivity index (χ0) is 15.6. The minimum atomic E-state index is 0.0289. The molecule has 110 valence electrons. The van der Waals surface area contributed by atoms with Crippen LogP contribution in [0, 0.1) is 0 Å². The largest absolute Gasteiger partial charge is 0.493 e. The maximum atomic E-state index is 9.99. The summed E-state index contributed by atoms with van der Waals surface area (Å²) in [4.78, 5) is 12.4. The van der Waals surface area contributed by atoms with E-state index in [0.717, 1.165) is 27.6 Å². The zero-order valence-electron chi connectivity index (χ0n) is 12.2. The van der Waals surface area contributed by atoms with Crippen molar-refractivity contribution in [2.24, 2.45) is 0 Å². The van der Waals surface area contributed by atoms with Crippen LogP contribution in [0.5, 0.6) is 5.88 Å². The summed E-state index contributed by atoms with van der Waals surface area (Å²) >= 11 is 0. The molecular formula is C19H13N3O. The number of aromatic nitrogens is 3. The van der Waals surface area contributed by atoms with Crippen molar-refractivity contribution in [3.63, 3.8) is 0 Å². The molecule has 4 rings (SSSR count). The molecule has 4 nitrogen and oxygen atoms in total. The highest BCUT2D eigenvalue weighted by Crippen LogP contribution is 2.33. The van der Waals surface area contributed by atoms with Crippen LogP contribution in [-0.4, -0.2) is 20.1 Å². The molecule has 0 aliphatic rings. The molecule has 4 heteroatoms. The topological polar surface area (TPSA) is 58.9 Å². The molecule has 1 aromatic carbocycles. The first-order valence-corrected chi connectivity index (χ1v) is 7.26. The van der Waals surface area contributed by atoms with E-state index in [1.165, 1.54) is 0 Å². The first kappa shape index (κ1) is 13.4. The van der Waals surface area contributed by atoms with Gasteiger partial charge in [-0.1, -0.05) is 6.07 Å². The van der Waals surface area contributed by atoms with Gasteiger partial charge < -0.3 is 5.11 Å². The fourth-order valence-electron chi connectivity index (χ4n) is 2.72. The maximum Gasteiger partial charge on any atom is 0.218 e. The van der Waals surface area contributed by atoms with Crippen LogP contribution < -0.4 is 0 Å². The number of nitrogens with zero attached hydrogens (tertiary/aromatic N) is 3. The molecule has 0 aliphatic heterocycles. The number of hydrogen-bond donors (Lipinski definition) is 1. The van der Waals surface area contributed by atoms with Gasteiger partial charge in [-0.2, -0.15) is 0 Å². The van der Waals surface area contributed by atoms with Crippen molar-refractivity contribution in [3.05, 3.63) is 73.3 Å². The van der Waals surface area contributed by atoms with E-state index in [9.17, 15) is 5.11 Å². The lowest BCUT2D eigenvalue weighted by Crippen LogP contribution is -1.87. The molecule has 0 amide bonds. The molecule has 3 heterocycles. The van der Waals surface area contributed by atoms with Gasteiger partial charge in [-0.05, 0) is 59.2 Å². The van der Waals surface area contributed by atoms with Gasteiger partial charge in [0.25, 0.3) is 0 Å². The summed E-state index contributed by atoms with van der Waals surface area (Å²) in [6.07, 6.45) is 6.93. The Balaban J connectivity index is 1.97. The van der Waals surface area contributed by atoms with E-state index < -0.39 is 0 Å². The third-order valence-electron chi connectivity index (χ3n) is 3.83. The SMILES string of the molecule is Oc1ncccc1-c1ccc2nccc(-c3ccncc3)c2c1. The highest BCUT2D eigenvalue weighted by atomic mass is 16.3. The molecule has 0 bridgehead atoms. The van der Waals surface area contributed by atoms with Crippen LogP contribution in [0.25, 0.3) is 33.2 Å². The smallest absolute Gasteiger partial charge is 0.218 e. The second-order valence-electron chi connectivity index (χ2n) is 5.20. The number of fused-ring (bicyclic) bond motifs is 1. The molecule has 0 saturated carbocycles. The Labute approximate surface area is 133 Å². The lowest BCUT2D eigenvalue weighted by molar-refractivity contribution is 0.455. The molecule has 0 spiro atoms. The van der Waals surface area contributed by atoms with Crippen LogP contribution in [0.2, 0.25) is 0 Å². The average Bonchev–Trinajstić information content (AvgIpc) is 2.62. The minimum Gasteiger partial charge on any atom is -0.493 e. The van der Waals surface area contributed by atoms with Gasteiger partial charge in [0, 0.05) is 35.7 Å². The van der Waals surface area contributed by atoms with Gasteiger partial charge in [0.1, 0.15) is 0 Å². The summed E-state index contributed by atoms with van der Waals surface area (Å²) in [7, 11) is 0. The molecule has 0 radical (unpaired) electrons. The van der Waals surface area contributed by atoms with Crippen molar-refractivity contribution in [2.75, 3.05) is 0 Å². The van der Waals surface area contributed by atoms with Gasteiger partial charge in [-0.3, -0.25) is 9.97 Å². The summed E-state index contributed by atoms with van der Waals surface area (Å²) in [6, 6.07) is 15.5. The van der Waals surface area contributed by atoms with E-state index in [1.54, 1.807) is 24.8 Å². The number of aromatic hydroxyl groups is 1. The highest BCUT2D eigenvalue weighted by molar-refractivity contribution is 5.97. The summed E-state index contributed by atoms with van der Waals surface area (Å²) in [5.41, 5.74) is 4.69. The second-order valence-corrected chi connectivity index (χ2v) is 5.20. The molecule has 4 aromatic rings. The molecule has 0 saturated heterocycles. The maximum absolute atomic E-state index is 9.99. The van der Waals surface area contributed by atoms with E-state index >= 15 is 0 Å². The minimum absolute atomic E-state index is 0.0289. The molecule has 0 aliphatic carbocycles. The van der Waals surface area contributed by atoms with Crippen molar-refractivity contribution in [2.45, 2.75) is 0 Å². The average molecular weight is 299 g/mol. The van der Waals surface area contributed by atoms with E-state index in [1.807, 2.05) is 48.5 Å². The first-order valence-electron chi connectivity index (χ1n) is 7.26. The van der Waals surface area contributed by atoms with Gasteiger partial charge in [0.05, 0.1) is 5.52 Å². The predicted octanol–water partition coefficient (Wildman–Crippen LogP) is 4.06. The van der Waals surface area contributed by atoms with Crippen LogP contribution in [0.15, 0.2) is 73.3 Å². The lowest BCUT2D eigenvalue weighted by atomic mass is 9.98. The van der Waals surface area contributed by atoms with Crippen molar-refractivity contribution >= 4 is 10.9 Å². The lowest BCUT2D eigenvalue weighted by Gasteiger charge is -2.09. The Kier molecular flexibility index (Phi) is 3.20. The van der Waals surface area contributed by atoms with E-state index in [0.29, 0.717) is 5.56 Å². The summed E-state index contributed by atoms with van der Waals surface area (Å²) in [6.45, 7) is 0. The fraction of sp³-hybridized carbons (Fsp3) is 0. The van der Waals surface area contributed by atoms with Gasteiger partial charge in [-0.15, -0.1) is 0 Å². The Morgan fingerprint density at radius 3 is 2.39 bits per heavy atom. The van der Waals surface area contributed by atoms with Gasteiger partial charge in [-0.25, -0.2) is 4.98 Å². The van der Waals surface area contributed by atoms with Crippen LogP contribution in [0.3, 0.4) is 0 Å². The van der Waals surface area contributed by atoms with Gasteiger partial charge >= 0.3 is 0 Å². The molecule has 1 N–H and O–H groups in total. The van der Waals surface area contributed by atoms with Crippen LogP contribution in [0.4, 0.5) is 0 Å². The van der Waals surface area contributed by atoms with E-state index in [4.69, 9.17) is 0 Å². The van der Waals surface area contributed by atoms with Gasteiger partial charge in [0.15, 0.2) is 0 Å². The Morgan fingerprint density at radius 2 is 1.57 bits per heavy atom. The van der Waals surface area contributed by atoms with Crippen LogP contribution in [-0.2, 0) is 0 Å². The predicted molar refractivity (Wildman–Crippen MR) is 89.9 cm³/mol. The fourth-order valence-corrected chi connectivity index (χ4v) is 2.72. The van der Waals surface area contributed by atoms with Crippen molar-refractivity contribution in [1.29, 1.82) is 0 Å². The molecule has 0 fully saturated rings. The zero-order valence-corrected chi connectivity index (χ0v) is 12.2. The first-order chi connectivity index (χ1) is 11.3. The van der Waals surface area contributed by atoms with E-state index in [-0.39, 0.29) is 5.88 Å². The quantitative estimate of drug-likeness (QED) is 0.606. The number of pyridine rings is 3. The van der Waals surface area contributed by atoms with Crippen molar-refractivity contribution < 1.29 is 5.11 Å². The molecular weight excluding hydrogens is 286 g/mol. The van der Waals surface area contributed by atoms with Crippen molar-refractivity contribution in [1.82, 2.24) is 15.0 Å². The second kappa shape index (κ2) is 5.50.